The standard InChI is InChI=1S/C12H19N5O2S/c1-7(18)9(8(2)19)20-12-14-10(16(3)4)13-11(15-12)17(5)6/h9H,1-6H3. The van der Waals surface area contributed by atoms with Gasteiger partial charge < -0.3 is 9.80 Å². The van der Waals surface area contributed by atoms with Crippen molar-refractivity contribution in [1.29, 1.82) is 0 Å². The lowest BCUT2D eigenvalue weighted by Crippen LogP contribution is -2.24. The van der Waals surface area contributed by atoms with Crippen LogP contribution in [0.25, 0.3) is 0 Å². The summed E-state index contributed by atoms with van der Waals surface area (Å²) in [4.78, 5) is 39.3. The Labute approximate surface area is 122 Å². The number of nitrogens with zero attached hydrogens (tertiary/aromatic N) is 5. The van der Waals surface area contributed by atoms with Crippen LogP contribution < -0.4 is 9.80 Å². The van der Waals surface area contributed by atoms with Crippen LogP contribution in [0.5, 0.6) is 0 Å². The minimum absolute atomic E-state index is 0.208. The van der Waals surface area contributed by atoms with E-state index >= 15 is 0 Å². The van der Waals surface area contributed by atoms with E-state index in [1.54, 1.807) is 9.80 Å². The highest BCUT2D eigenvalue weighted by atomic mass is 32.2. The van der Waals surface area contributed by atoms with Crippen molar-refractivity contribution < 1.29 is 9.59 Å². The maximum absolute atomic E-state index is 11.5. The summed E-state index contributed by atoms with van der Waals surface area (Å²) in [6.07, 6.45) is 0. The average Bonchev–Trinajstić information content (AvgIpc) is 2.34. The fourth-order valence-electron chi connectivity index (χ4n) is 1.35. The summed E-state index contributed by atoms with van der Waals surface area (Å²) in [6.45, 7) is 2.78. The number of aromatic nitrogens is 3. The molecule has 1 aromatic rings. The number of anilines is 2. The second kappa shape index (κ2) is 6.65. The number of thioether (sulfide) groups is 1. The molecular formula is C12H19N5O2S. The third-order valence-electron chi connectivity index (χ3n) is 2.35. The monoisotopic (exact) mass is 297 g/mol. The van der Waals surface area contributed by atoms with Gasteiger partial charge in [-0.1, -0.05) is 11.8 Å². The molecule has 7 nitrogen and oxygen atoms in total. The zero-order valence-corrected chi connectivity index (χ0v) is 13.4. The Morgan fingerprint density at radius 3 is 1.60 bits per heavy atom. The second-order valence-electron chi connectivity index (χ2n) is 4.73. The summed E-state index contributed by atoms with van der Waals surface area (Å²) in [5.41, 5.74) is 0. The van der Waals surface area contributed by atoms with Gasteiger partial charge in [0.1, 0.15) is 5.25 Å². The van der Waals surface area contributed by atoms with E-state index in [1.165, 1.54) is 13.8 Å². The number of carbonyl (C=O) groups excluding carboxylic acids is 2. The lowest BCUT2D eigenvalue weighted by Gasteiger charge is -2.17. The highest BCUT2D eigenvalue weighted by Crippen LogP contribution is 2.24. The molecule has 1 rings (SSSR count). The number of Topliss-reactive ketones (excluding diaryl/α,β-unsaturated/α-hetero) is 2. The Balaban J connectivity index is 3.16. The van der Waals surface area contributed by atoms with E-state index in [9.17, 15) is 9.59 Å². The van der Waals surface area contributed by atoms with Crippen molar-refractivity contribution in [3.63, 3.8) is 0 Å². The molecule has 0 atom stereocenters. The molecule has 0 unspecified atom stereocenters. The molecule has 0 aliphatic carbocycles. The first-order valence-corrected chi connectivity index (χ1v) is 6.88. The summed E-state index contributed by atoms with van der Waals surface area (Å²) in [6, 6.07) is 0. The van der Waals surface area contributed by atoms with E-state index in [2.05, 4.69) is 15.0 Å². The molecule has 0 spiro atoms. The first-order chi connectivity index (χ1) is 9.22. The van der Waals surface area contributed by atoms with Crippen LogP contribution in [0.2, 0.25) is 0 Å². The van der Waals surface area contributed by atoms with E-state index < -0.39 is 5.25 Å². The van der Waals surface area contributed by atoms with Crippen molar-refractivity contribution in [2.24, 2.45) is 0 Å². The van der Waals surface area contributed by atoms with Gasteiger partial charge in [0, 0.05) is 28.2 Å². The van der Waals surface area contributed by atoms with Gasteiger partial charge in [0.25, 0.3) is 0 Å². The maximum atomic E-state index is 11.5. The molecule has 0 fully saturated rings. The predicted octanol–water partition coefficient (Wildman–Crippen LogP) is 0.642. The molecule has 0 N–H and O–H groups in total. The van der Waals surface area contributed by atoms with Crippen molar-refractivity contribution in [3.05, 3.63) is 0 Å². The van der Waals surface area contributed by atoms with Gasteiger partial charge in [-0.3, -0.25) is 9.59 Å². The summed E-state index contributed by atoms with van der Waals surface area (Å²) >= 11 is 1.05. The molecule has 0 bridgehead atoms. The fourth-order valence-corrected chi connectivity index (χ4v) is 2.16. The molecule has 0 amide bonds. The van der Waals surface area contributed by atoms with E-state index in [0.717, 1.165) is 11.8 Å². The molecule has 0 saturated carbocycles. The van der Waals surface area contributed by atoms with E-state index in [1.807, 2.05) is 28.2 Å². The molecule has 0 aliphatic rings. The van der Waals surface area contributed by atoms with Crippen molar-refractivity contribution >= 4 is 35.2 Å². The van der Waals surface area contributed by atoms with E-state index in [4.69, 9.17) is 0 Å². The summed E-state index contributed by atoms with van der Waals surface area (Å²) in [5, 5.41) is -0.412. The number of carbonyl (C=O) groups is 2. The van der Waals surface area contributed by atoms with Crippen molar-refractivity contribution in [2.45, 2.75) is 24.3 Å². The highest BCUT2D eigenvalue weighted by molar-refractivity contribution is 8.01. The Morgan fingerprint density at radius 2 is 1.30 bits per heavy atom. The van der Waals surface area contributed by atoms with Crippen molar-refractivity contribution in [2.75, 3.05) is 38.0 Å². The van der Waals surface area contributed by atoms with Crippen LogP contribution in [0.3, 0.4) is 0 Å². The van der Waals surface area contributed by atoms with Crippen LogP contribution in [0, 0.1) is 0 Å². The summed E-state index contributed by atoms with van der Waals surface area (Å²) in [5.74, 6) is 0.551. The number of rotatable bonds is 6. The highest BCUT2D eigenvalue weighted by Gasteiger charge is 2.23. The Hall–Kier alpha value is -1.70. The van der Waals surface area contributed by atoms with Gasteiger partial charge in [-0.2, -0.15) is 15.0 Å². The number of hydrogen-bond acceptors (Lipinski definition) is 8. The van der Waals surface area contributed by atoms with Gasteiger partial charge in [0.05, 0.1) is 0 Å². The first kappa shape index (κ1) is 16.4. The van der Waals surface area contributed by atoms with Crippen LogP contribution in [-0.4, -0.2) is 60.0 Å². The topological polar surface area (TPSA) is 79.3 Å². The lowest BCUT2D eigenvalue weighted by atomic mass is 10.2. The van der Waals surface area contributed by atoms with Gasteiger partial charge in [0.2, 0.25) is 11.9 Å². The van der Waals surface area contributed by atoms with E-state index in [-0.39, 0.29) is 11.6 Å². The molecule has 0 aromatic carbocycles. The van der Waals surface area contributed by atoms with Crippen molar-refractivity contribution in [3.8, 4) is 0 Å². The molecule has 110 valence electrons. The van der Waals surface area contributed by atoms with Gasteiger partial charge in [-0.25, -0.2) is 0 Å². The van der Waals surface area contributed by atoms with Gasteiger partial charge >= 0.3 is 0 Å². The molecule has 8 heteroatoms. The maximum Gasteiger partial charge on any atom is 0.230 e. The third kappa shape index (κ3) is 4.16. The van der Waals surface area contributed by atoms with Gasteiger partial charge in [-0.15, -0.1) is 0 Å². The van der Waals surface area contributed by atoms with Gasteiger partial charge in [-0.05, 0) is 13.8 Å². The molecule has 0 aliphatic heterocycles. The van der Waals surface area contributed by atoms with E-state index in [0.29, 0.717) is 17.1 Å². The van der Waals surface area contributed by atoms with Crippen LogP contribution in [-0.2, 0) is 9.59 Å². The minimum atomic E-state index is -0.776. The fraction of sp³-hybridized carbons (Fsp3) is 0.583. The number of hydrogen-bond donors (Lipinski definition) is 0. The summed E-state index contributed by atoms with van der Waals surface area (Å²) < 4.78 is 0. The average molecular weight is 297 g/mol. The molecule has 20 heavy (non-hydrogen) atoms. The minimum Gasteiger partial charge on any atom is -0.347 e. The number of ketones is 2. The first-order valence-electron chi connectivity index (χ1n) is 6.00. The van der Waals surface area contributed by atoms with Crippen LogP contribution >= 0.6 is 11.8 Å². The lowest BCUT2D eigenvalue weighted by molar-refractivity contribution is -0.123. The Kier molecular flexibility index (Phi) is 5.43. The van der Waals surface area contributed by atoms with Crippen molar-refractivity contribution in [1.82, 2.24) is 15.0 Å². The third-order valence-corrected chi connectivity index (χ3v) is 3.65. The zero-order chi connectivity index (χ0) is 15.4. The normalized spacial score (nSPS) is 10.6. The van der Waals surface area contributed by atoms with Crippen LogP contribution in [0.1, 0.15) is 13.8 Å². The molecule has 0 radical (unpaired) electrons. The molecule has 0 saturated heterocycles. The molecular weight excluding hydrogens is 278 g/mol. The Bertz CT molecular complexity index is 478. The zero-order valence-electron chi connectivity index (χ0n) is 12.5. The second-order valence-corrected chi connectivity index (χ2v) is 5.80. The molecule has 1 heterocycles. The Morgan fingerprint density at radius 1 is 0.900 bits per heavy atom. The van der Waals surface area contributed by atoms with Gasteiger partial charge in [0.15, 0.2) is 16.7 Å². The van der Waals surface area contributed by atoms with Crippen LogP contribution in [0.4, 0.5) is 11.9 Å². The summed E-state index contributed by atoms with van der Waals surface area (Å²) in [7, 11) is 7.26. The van der Waals surface area contributed by atoms with Crippen LogP contribution in [0.15, 0.2) is 5.16 Å². The molecule has 1 aromatic heterocycles. The SMILES string of the molecule is CC(=O)C(Sc1nc(N(C)C)nc(N(C)C)n1)C(C)=O. The largest absolute Gasteiger partial charge is 0.347 e. The quantitative estimate of drug-likeness (QED) is 0.559. The smallest absolute Gasteiger partial charge is 0.230 e. The predicted molar refractivity (Wildman–Crippen MR) is 79.5 cm³/mol.